The third kappa shape index (κ3) is 5.71. The molecule has 3 aromatic rings. The largest absolute Gasteiger partial charge is 0.497 e. The summed E-state index contributed by atoms with van der Waals surface area (Å²) in [6.45, 7) is 3.09. The van der Waals surface area contributed by atoms with Crippen LogP contribution in [0.4, 0.5) is 5.69 Å². The number of sulfonamides is 1. The van der Waals surface area contributed by atoms with Crippen molar-refractivity contribution in [3.05, 3.63) is 54.1 Å². The minimum absolute atomic E-state index is 0.142. The number of hydrogen-bond acceptors (Lipinski definition) is 6. The number of carbonyl (C=O) groups excluding carboxylic acids is 1. The number of amides is 1. The van der Waals surface area contributed by atoms with Gasteiger partial charge < -0.3 is 10.1 Å². The molecule has 1 aromatic heterocycles. The Hall–Kier alpha value is -2.62. The number of methoxy groups -OCH3 is 1. The summed E-state index contributed by atoms with van der Waals surface area (Å²) < 4.78 is 33.1. The number of pyridine rings is 1. The average Bonchev–Trinajstić information content (AvgIpc) is 3.13. The van der Waals surface area contributed by atoms with Crippen molar-refractivity contribution in [2.24, 2.45) is 0 Å². The maximum atomic E-state index is 13.2. The molecule has 1 saturated heterocycles. The second-order valence-electron chi connectivity index (χ2n) is 8.34. The quantitative estimate of drug-likeness (QED) is 0.468. The molecule has 180 valence electrons. The van der Waals surface area contributed by atoms with E-state index in [-0.39, 0.29) is 11.7 Å². The van der Waals surface area contributed by atoms with Gasteiger partial charge in [0, 0.05) is 30.2 Å². The van der Waals surface area contributed by atoms with Gasteiger partial charge in [-0.15, -0.1) is 0 Å². The lowest BCUT2D eigenvalue weighted by atomic mass is 10.1. The van der Waals surface area contributed by atoms with Crippen molar-refractivity contribution in [1.82, 2.24) is 9.29 Å². The first-order valence-electron chi connectivity index (χ1n) is 11.3. The Kier molecular flexibility index (Phi) is 7.75. The molecule has 0 bridgehead atoms. The van der Waals surface area contributed by atoms with E-state index in [0.29, 0.717) is 40.0 Å². The standard InChI is InChI=1S/C25H29N3O4S2/c1-18-14-25(33-17-24(29)26-19-8-7-9-20(15-19)32-2)27-23-11-10-21(16-22(18)23)34(30,31)28-12-5-3-4-6-13-28/h7-11,14-16H,3-6,12-13,17H2,1-2H3,(H,26,29). The van der Waals surface area contributed by atoms with E-state index in [9.17, 15) is 13.2 Å². The zero-order valence-corrected chi connectivity index (χ0v) is 21.0. The molecule has 34 heavy (non-hydrogen) atoms. The lowest BCUT2D eigenvalue weighted by Crippen LogP contribution is -2.31. The van der Waals surface area contributed by atoms with Gasteiger partial charge in [-0.05, 0) is 61.7 Å². The Morgan fingerprint density at radius 3 is 2.59 bits per heavy atom. The molecule has 1 N–H and O–H groups in total. The van der Waals surface area contributed by atoms with Gasteiger partial charge in [0.25, 0.3) is 0 Å². The molecule has 0 saturated carbocycles. The molecule has 4 rings (SSSR count). The molecule has 9 heteroatoms. The summed E-state index contributed by atoms with van der Waals surface area (Å²) in [5.41, 5.74) is 2.31. The highest BCUT2D eigenvalue weighted by Gasteiger charge is 2.25. The van der Waals surface area contributed by atoms with Gasteiger partial charge in [0.2, 0.25) is 15.9 Å². The van der Waals surface area contributed by atoms with Crippen LogP contribution in [0.2, 0.25) is 0 Å². The summed E-state index contributed by atoms with van der Waals surface area (Å²) >= 11 is 1.34. The minimum Gasteiger partial charge on any atom is -0.497 e. The highest BCUT2D eigenvalue weighted by atomic mass is 32.2. The molecule has 2 aromatic carbocycles. The van der Waals surface area contributed by atoms with Gasteiger partial charge in [0.15, 0.2) is 0 Å². The molecule has 1 aliphatic rings. The summed E-state index contributed by atoms with van der Waals surface area (Å²) in [7, 11) is -1.94. The van der Waals surface area contributed by atoms with E-state index in [4.69, 9.17) is 4.74 Å². The number of aryl methyl sites for hydroxylation is 1. The van der Waals surface area contributed by atoms with Crippen LogP contribution in [-0.4, -0.2) is 49.6 Å². The van der Waals surface area contributed by atoms with Crippen molar-refractivity contribution in [3.8, 4) is 5.75 Å². The number of aromatic nitrogens is 1. The van der Waals surface area contributed by atoms with E-state index >= 15 is 0 Å². The van der Waals surface area contributed by atoms with Gasteiger partial charge >= 0.3 is 0 Å². The third-order valence-electron chi connectivity index (χ3n) is 5.87. The lowest BCUT2D eigenvalue weighted by molar-refractivity contribution is -0.113. The van der Waals surface area contributed by atoms with Crippen molar-refractivity contribution >= 4 is 44.3 Å². The highest BCUT2D eigenvalue weighted by molar-refractivity contribution is 7.99. The van der Waals surface area contributed by atoms with E-state index in [1.54, 1.807) is 41.7 Å². The number of anilines is 1. The van der Waals surface area contributed by atoms with Crippen molar-refractivity contribution in [2.75, 3.05) is 31.3 Å². The number of fused-ring (bicyclic) bond motifs is 1. The molecule has 1 aliphatic heterocycles. The summed E-state index contributed by atoms with van der Waals surface area (Å²) in [4.78, 5) is 17.3. The van der Waals surface area contributed by atoms with E-state index in [0.717, 1.165) is 36.6 Å². The summed E-state index contributed by atoms with van der Waals surface area (Å²) in [5, 5.41) is 4.38. The van der Waals surface area contributed by atoms with Crippen molar-refractivity contribution in [1.29, 1.82) is 0 Å². The van der Waals surface area contributed by atoms with E-state index in [2.05, 4.69) is 10.3 Å². The normalized spacial score (nSPS) is 15.1. The van der Waals surface area contributed by atoms with Crippen molar-refractivity contribution < 1.29 is 17.9 Å². The Balaban J connectivity index is 1.47. The number of nitrogens with zero attached hydrogens (tertiary/aromatic N) is 2. The molecule has 1 fully saturated rings. The number of benzene rings is 2. The van der Waals surface area contributed by atoms with Crippen LogP contribution in [0.15, 0.2) is 58.5 Å². The smallest absolute Gasteiger partial charge is 0.243 e. The predicted molar refractivity (Wildman–Crippen MR) is 136 cm³/mol. The van der Waals surface area contributed by atoms with Crippen LogP contribution in [0.1, 0.15) is 31.2 Å². The molecule has 0 unspecified atom stereocenters. The van der Waals surface area contributed by atoms with Crippen LogP contribution in [0.5, 0.6) is 5.75 Å². The molecule has 0 spiro atoms. The minimum atomic E-state index is -3.52. The van der Waals surface area contributed by atoms with Gasteiger partial charge in [-0.25, -0.2) is 13.4 Å². The Labute approximate surface area is 205 Å². The first-order chi connectivity index (χ1) is 16.4. The van der Waals surface area contributed by atoms with Gasteiger partial charge in [0.05, 0.1) is 28.3 Å². The van der Waals surface area contributed by atoms with Crippen LogP contribution in [0.3, 0.4) is 0 Å². The van der Waals surface area contributed by atoms with Gasteiger partial charge in [-0.1, -0.05) is 30.7 Å². The second kappa shape index (κ2) is 10.8. The molecular formula is C25H29N3O4S2. The first kappa shape index (κ1) is 24.5. The van der Waals surface area contributed by atoms with Crippen LogP contribution in [0.25, 0.3) is 10.9 Å². The number of ether oxygens (including phenoxy) is 1. The van der Waals surface area contributed by atoms with Crippen LogP contribution in [0, 0.1) is 6.92 Å². The number of rotatable bonds is 7. The Morgan fingerprint density at radius 2 is 1.85 bits per heavy atom. The monoisotopic (exact) mass is 499 g/mol. The van der Waals surface area contributed by atoms with Gasteiger partial charge in [0.1, 0.15) is 5.75 Å². The van der Waals surface area contributed by atoms with Gasteiger partial charge in [-0.3, -0.25) is 4.79 Å². The summed E-state index contributed by atoms with van der Waals surface area (Å²) in [6.07, 6.45) is 3.95. The first-order valence-corrected chi connectivity index (χ1v) is 13.8. The number of hydrogen-bond donors (Lipinski definition) is 1. The summed E-state index contributed by atoms with van der Waals surface area (Å²) in [5.74, 6) is 0.738. The maximum Gasteiger partial charge on any atom is 0.243 e. The van der Waals surface area contributed by atoms with E-state index in [1.807, 2.05) is 25.1 Å². The highest BCUT2D eigenvalue weighted by Crippen LogP contribution is 2.28. The molecule has 0 aliphatic carbocycles. The lowest BCUT2D eigenvalue weighted by Gasteiger charge is -2.20. The van der Waals surface area contributed by atoms with Crippen molar-refractivity contribution in [3.63, 3.8) is 0 Å². The predicted octanol–water partition coefficient (Wildman–Crippen LogP) is 4.85. The van der Waals surface area contributed by atoms with Crippen LogP contribution < -0.4 is 10.1 Å². The fourth-order valence-corrected chi connectivity index (χ4v) is 6.36. The van der Waals surface area contributed by atoms with Crippen LogP contribution in [-0.2, 0) is 14.8 Å². The Morgan fingerprint density at radius 1 is 1.09 bits per heavy atom. The zero-order chi connectivity index (χ0) is 24.1. The zero-order valence-electron chi connectivity index (χ0n) is 19.4. The van der Waals surface area contributed by atoms with Crippen LogP contribution >= 0.6 is 11.8 Å². The number of carbonyl (C=O) groups is 1. The maximum absolute atomic E-state index is 13.2. The number of thioether (sulfide) groups is 1. The van der Waals surface area contributed by atoms with Gasteiger partial charge in [-0.2, -0.15) is 4.31 Å². The molecule has 0 atom stereocenters. The van der Waals surface area contributed by atoms with Crippen molar-refractivity contribution in [2.45, 2.75) is 42.5 Å². The SMILES string of the molecule is COc1cccc(NC(=O)CSc2cc(C)c3cc(S(=O)(=O)N4CCCCCC4)ccc3n2)c1. The third-order valence-corrected chi connectivity index (χ3v) is 8.68. The molecule has 0 radical (unpaired) electrons. The molecule has 7 nitrogen and oxygen atoms in total. The molecular weight excluding hydrogens is 470 g/mol. The van der Waals surface area contributed by atoms with E-state index in [1.165, 1.54) is 11.8 Å². The topological polar surface area (TPSA) is 88.6 Å². The summed E-state index contributed by atoms with van der Waals surface area (Å²) in [6, 6.07) is 14.2. The van der Waals surface area contributed by atoms with E-state index < -0.39 is 10.0 Å². The Bertz CT molecular complexity index is 1290. The number of nitrogens with one attached hydrogen (secondary N) is 1. The fraction of sp³-hybridized carbons (Fsp3) is 0.360. The molecule has 2 heterocycles. The fourth-order valence-electron chi connectivity index (χ4n) is 4.05. The molecule has 1 amide bonds. The second-order valence-corrected chi connectivity index (χ2v) is 11.3. The average molecular weight is 500 g/mol.